The maximum atomic E-state index is 13.6. The van der Waals surface area contributed by atoms with Crippen molar-refractivity contribution in [1.29, 1.82) is 0 Å². The quantitative estimate of drug-likeness (QED) is 0.278. The summed E-state index contributed by atoms with van der Waals surface area (Å²) in [6.07, 6.45) is 2.28. The third-order valence-electron chi connectivity index (χ3n) is 7.77. The summed E-state index contributed by atoms with van der Waals surface area (Å²) in [5.74, 6) is -1.47. The number of nitrogens with zero attached hydrogens (tertiary/aromatic N) is 2. The van der Waals surface area contributed by atoms with Gasteiger partial charge in [-0.15, -0.1) is 0 Å². The van der Waals surface area contributed by atoms with Gasteiger partial charge < -0.3 is 30.1 Å². The van der Waals surface area contributed by atoms with Crippen molar-refractivity contribution < 1.29 is 33.2 Å². The van der Waals surface area contributed by atoms with Crippen LogP contribution in [0, 0.1) is 12.8 Å². The minimum Gasteiger partial charge on any atom is -0.361 e. The van der Waals surface area contributed by atoms with Crippen LogP contribution < -0.4 is 16.0 Å². The number of ketones is 1. The van der Waals surface area contributed by atoms with E-state index in [0.717, 1.165) is 5.56 Å². The second-order valence-electron chi connectivity index (χ2n) is 11.9. The lowest BCUT2D eigenvalue weighted by Crippen LogP contribution is -2.57. The largest absolute Gasteiger partial charge is 0.361 e. The summed E-state index contributed by atoms with van der Waals surface area (Å²) in [6.45, 7) is 7.65. The van der Waals surface area contributed by atoms with Gasteiger partial charge in [-0.3, -0.25) is 24.0 Å². The van der Waals surface area contributed by atoms with Crippen LogP contribution in [0.3, 0.4) is 0 Å². The maximum absolute atomic E-state index is 13.6. The number of epoxide rings is 1. The van der Waals surface area contributed by atoms with Gasteiger partial charge in [0.05, 0.1) is 19.2 Å². The number of aryl methyl sites for hydroxylation is 2. The van der Waals surface area contributed by atoms with Gasteiger partial charge in [0.2, 0.25) is 17.7 Å². The number of aromatic nitrogens is 1. The van der Waals surface area contributed by atoms with Gasteiger partial charge in [-0.2, -0.15) is 0 Å². The minimum atomic E-state index is -0.934. The minimum absolute atomic E-state index is 0.0600. The van der Waals surface area contributed by atoms with Gasteiger partial charge >= 0.3 is 0 Å². The Morgan fingerprint density at radius 1 is 1.09 bits per heavy atom. The predicted octanol–water partition coefficient (Wildman–Crippen LogP) is 1.71. The van der Waals surface area contributed by atoms with Crippen LogP contribution in [0.25, 0.3) is 0 Å². The van der Waals surface area contributed by atoms with Gasteiger partial charge in [0, 0.05) is 12.6 Å². The molecule has 0 radical (unpaired) electrons. The average Bonchev–Trinajstić information content (AvgIpc) is 3.34. The summed E-state index contributed by atoms with van der Waals surface area (Å²) >= 11 is 0. The molecule has 0 bridgehead atoms. The fraction of sp³-hybridized carbons (Fsp3) is 0.548. The first-order valence-corrected chi connectivity index (χ1v) is 14.8. The topological polar surface area (TPSA) is 163 Å². The van der Waals surface area contributed by atoms with E-state index in [1.54, 1.807) is 13.8 Å². The van der Waals surface area contributed by atoms with Gasteiger partial charge in [0.1, 0.15) is 23.4 Å². The Balaban J connectivity index is 1.42. The van der Waals surface area contributed by atoms with E-state index in [2.05, 4.69) is 21.1 Å². The summed E-state index contributed by atoms with van der Waals surface area (Å²) in [5.41, 5.74) is 0.158. The standard InChI is InChI=1S/C31H41N5O7/c1-19(2)15-23(27(38)31(4)18-42-31)34-29(40)22(13-12-21-9-6-5-7-10-21)33-30(41)25-11-8-14-36(25)26(37)17-32-28(39)24-16-20(3)43-35-24/h5-7,9-10,16,19,22-23,25H,8,11-15,17-18H2,1-4H3,(H,32,39)(H,33,41)(H,34,40)/t22-,23-,25-,31+/m0/s1. The van der Waals surface area contributed by atoms with Gasteiger partial charge in [-0.1, -0.05) is 49.3 Å². The van der Waals surface area contributed by atoms with Crippen molar-refractivity contribution >= 4 is 29.4 Å². The molecule has 2 aliphatic heterocycles. The molecule has 12 nitrogen and oxygen atoms in total. The van der Waals surface area contributed by atoms with Crippen LogP contribution in [-0.2, 0) is 30.3 Å². The van der Waals surface area contributed by atoms with Crippen LogP contribution in [0.2, 0.25) is 0 Å². The highest BCUT2D eigenvalue weighted by Gasteiger charge is 2.50. The zero-order chi connectivity index (χ0) is 31.1. The summed E-state index contributed by atoms with van der Waals surface area (Å²) in [6, 6.07) is 8.58. The first-order valence-electron chi connectivity index (χ1n) is 14.8. The first-order chi connectivity index (χ1) is 20.5. The zero-order valence-electron chi connectivity index (χ0n) is 25.2. The molecule has 0 unspecified atom stereocenters. The van der Waals surface area contributed by atoms with Crippen molar-refractivity contribution in [3.63, 3.8) is 0 Å². The molecule has 0 spiro atoms. The number of hydrogen-bond donors (Lipinski definition) is 3. The number of ether oxygens (including phenoxy) is 1. The Hall–Kier alpha value is -4.06. The lowest BCUT2D eigenvalue weighted by Gasteiger charge is -2.28. The molecule has 0 aliphatic carbocycles. The van der Waals surface area contributed by atoms with Crippen molar-refractivity contribution in [3.8, 4) is 0 Å². The molecule has 2 aromatic rings. The van der Waals surface area contributed by atoms with Gasteiger partial charge in [-0.05, 0) is 57.4 Å². The highest BCUT2D eigenvalue weighted by molar-refractivity contribution is 5.99. The number of likely N-dealkylation sites (tertiary alicyclic amines) is 1. The lowest BCUT2D eigenvalue weighted by molar-refractivity contribution is -0.139. The molecule has 4 rings (SSSR count). The Kier molecular flexibility index (Phi) is 10.3. The highest BCUT2D eigenvalue weighted by atomic mass is 16.6. The normalized spacial score (nSPS) is 20.8. The predicted molar refractivity (Wildman–Crippen MR) is 156 cm³/mol. The first kappa shape index (κ1) is 31.9. The molecule has 1 aromatic heterocycles. The van der Waals surface area contributed by atoms with Crippen LogP contribution in [-0.4, -0.2) is 82.9 Å². The summed E-state index contributed by atoms with van der Waals surface area (Å²) < 4.78 is 10.3. The molecule has 12 heteroatoms. The Labute approximate surface area is 251 Å². The second-order valence-corrected chi connectivity index (χ2v) is 11.9. The third-order valence-corrected chi connectivity index (χ3v) is 7.77. The Morgan fingerprint density at radius 3 is 2.44 bits per heavy atom. The van der Waals surface area contributed by atoms with E-state index in [-0.39, 0.29) is 23.9 Å². The number of carbonyl (C=O) groups is 5. The van der Waals surface area contributed by atoms with E-state index in [0.29, 0.717) is 51.0 Å². The van der Waals surface area contributed by atoms with E-state index in [1.807, 2.05) is 44.2 Å². The molecule has 1 aromatic carbocycles. The molecule has 2 fully saturated rings. The van der Waals surface area contributed by atoms with Crippen LogP contribution >= 0.6 is 0 Å². The van der Waals surface area contributed by atoms with Crippen LogP contribution in [0.1, 0.15) is 68.3 Å². The van der Waals surface area contributed by atoms with Crippen molar-refractivity contribution in [2.45, 2.75) is 83.5 Å². The van der Waals surface area contributed by atoms with E-state index in [9.17, 15) is 24.0 Å². The number of nitrogens with one attached hydrogen (secondary N) is 3. The summed E-state index contributed by atoms with van der Waals surface area (Å²) in [5, 5.41) is 11.9. The third kappa shape index (κ3) is 8.50. The number of Topliss-reactive ketones (excluding diaryl/α,β-unsaturated/α-hetero) is 1. The molecule has 4 atom stereocenters. The summed E-state index contributed by atoms with van der Waals surface area (Å²) in [7, 11) is 0. The van der Waals surface area contributed by atoms with Crippen molar-refractivity contribution in [1.82, 2.24) is 26.0 Å². The van der Waals surface area contributed by atoms with E-state index in [4.69, 9.17) is 9.26 Å². The van der Waals surface area contributed by atoms with E-state index in [1.165, 1.54) is 11.0 Å². The number of benzene rings is 1. The van der Waals surface area contributed by atoms with E-state index < -0.39 is 47.4 Å². The molecule has 2 saturated heterocycles. The number of rotatable bonds is 14. The molecule has 3 heterocycles. The highest BCUT2D eigenvalue weighted by Crippen LogP contribution is 2.29. The van der Waals surface area contributed by atoms with Crippen LogP contribution in [0.4, 0.5) is 0 Å². The number of carbonyl (C=O) groups excluding carboxylic acids is 5. The Bertz CT molecular complexity index is 1320. The fourth-order valence-corrected chi connectivity index (χ4v) is 5.25. The lowest BCUT2D eigenvalue weighted by atomic mass is 9.93. The maximum Gasteiger partial charge on any atom is 0.273 e. The van der Waals surface area contributed by atoms with Crippen molar-refractivity contribution in [2.75, 3.05) is 19.7 Å². The summed E-state index contributed by atoms with van der Waals surface area (Å²) in [4.78, 5) is 67.0. The van der Waals surface area contributed by atoms with Gasteiger partial charge in [0.25, 0.3) is 5.91 Å². The van der Waals surface area contributed by atoms with Crippen molar-refractivity contribution in [2.24, 2.45) is 5.92 Å². The molecule has 232 valence electrons. The van der Waals surface area contributed by atoms with Crippen LogP contribution in [0.15, 0.2) is 40.9 Å². The van der Waals surface area contributed by atoms with Crippen LogP contribution in [0.5, 0.6) is 0 Å². The molecular formula is C31H41N5O7. The average molecular weight is 596 g/mol. The van der Waals surface area contributed by atoms with E-state index >= 15 is 0 Å². The van der Waals surface area contributed by atoms with Gasteiger partial charge in [0.15, 0.2) is 11.5 Å². The monoisotopic (exact) mass is 595 g/mol. The molecule has 3 N–H and O–H groups in total. The number of amides is 4. The molecular weight excluding hydrogens is 554 g/mol. The van der Waals surface area contributed by atoms with Crippen molar-refractivity contribution in [3.05, 3.63) is 53.4 Å². The Morgan fingerprint density at radius 2 is 1.81 bits per heavy atom. The zero-order valence-corrected chi connectivity index (χ0v) is 25.2. The molecule has 0 saturated carbocycles. The second kappa shape index (κ2) is 13.9. The smallest absolute Gasteiger partial charge is 0.273 e. The fourth-order valence-electron chi connectivity index (χ4n) is 5.25. The molecule has 2 aliphatic rings. The number of hydrogen-bond acceptors (Lipinski definition) is 8. The molecule has 4 amide bonds. The molecule has 43 heavy (non-hydrogen) atoms. The van der Waals surface area contributed by atoms with Gasteiger partial charge in [-0.25, -0.2) is 0 Å². The SMILES string of the molecule is Cc1cc(C(=O)NCC(=O)N2CCC[C@H]2C(=O)N[C@@H](CCc2ccccc2)C(=O)N[C@@H](CC(C)C)C(=O)[C@@]2(C)CO2)no1.